The summed E-state index contributed by atoms with van der Waals surface area (Å²) in [6.45, 7) is 7.55. The summed E-state index contributed by atoms with van der Waals surface area (Å²) in [5, 5.41) is 9.39. The smallest absolute Gasteiger partial charge is 0.339 e. The highest BCUT2D eigenvalue weighted by atomic mass is 32.2. The van der Waals surface area contributed by atoms with Gasteiger partial charge in [-0.3, -0.25) is 0 Å². The number of carboxylic acids is 1. The molecule has 0 spiro atoms. The van der Waals surface area contributed by atoms with Crippen LogP contribution in [-0.4, -0.2) is 27.8 Å². The molecule has 8 heteroatoms. The first-order chi connectivity index (χ1) is 12.0. The molecule has 1 atom stereocenters. The lowest BCUT2D eigenvalue weighted by atomic mass is 10.1. The third-order valence-electron chi connectivity index (χ3n) is 3.39. The van der Waals surface area contributed by atoms with Crippen molar-refractivity contribution >= 4 is 24.4 Å². The van der Waals surface area contributed by atoms with Gasteiger partial charge in [0.05, 0.1) is 0 Å². The van der Waals surface area contributed by atoms with E-state index in [2.05, 4.69) is 0 Å². The Morgan fingerprint density at radius 3 is 2.00 bits per heavy atom. The van der Waals surface area contributed by atoms with Crippen molar-refractivity contribution in [3.8, 4) is 5.75 Å². The minimum absolute atomic E-state index is 0.0534. The van der Waals surface area contributed by atoms with E-state index in [0.717, 1.165) is 5.56 Å². The molecule has 6 nitrogen and oxygen atoms in total. The van der Waals surface area contributed by atoms with Crippen molar-refractivity contribution in [2.75, 3.05) is 0 Å². The first-order valence-electron chi connectivity index (χ1n) is 8.00. The molecule has 2 rings (SSSR count). The van der Waals surface area contributed by atoms with E-state index in [1.807, 2.05) is 26.6 Å². The SMILES string of the molecule is Cc1ccc(S(=O)(=O)Oc2ccc(C(O[Si](C)(C)C)C(=O)O)cc2)cc1. The van der Waals surface area contributed by atoms with E-state index in [9.17, 15) is 18.3 Å². The molecule has 1 N–H and O–H groups in total. The Morgan fingerprint density at radius 2 is 1.54 bits per heavy atom. The maximum atomic E-state index is 12.3. The minimum Gasteiger partial charge on any atom is -0.479 e. The van der Waals surface area contributed by atoms with Gasteiger partial charge in [-0.05, 0) is 56.4 Å². The average Bonchev–Trinajstić information content (AvgIpc) is 2.52. The van der Waals surface area contributed by atoms with Gasteiger partial charge in [0.1, 0.15) is 10.6 Å². The Kier molecular flexibility index (Phi) is 5.90. The van der Waals surface area contributed by atoms with E-state index in [4.69, 9.17) is 8.61 Å². The van der Waals surface area contributed by atoms with Crippen LogP contribution in [-0.2, 0) is 19.3 Å². The van der Waals surface area contributed by atoms with Gasteiger partial charge in [0.15, 0.2) is 14.4 Å². The van der Waals surface area contributed by atoms with Crippen molar-refractivity contribution in [1.82, 2.24) is 0 Å². The lowest BCUT2D eigenvalue weighted by Gasteiger charge is -2.23. The van der Waals surface area contributed by atoms with Gasteiger partial charge in [-0.25, -0.2) is 4.79 Å². The fourth-order valence-electron chi connectivity index (χ4n) is 2.19. The molecule has 0 aliphatic carbocycles. The fraction of sp³-hybridized carbons (Fsp3) is 0.278. The van der Waals surface area contributed by atoms with Crippen molar-refractivity contribution in [3.05, 3.63) is 59.7 Å². The summed E-state index contributed by atoms with van der Waals surface area (Å²) in [6, 6.07) is 12.2. The maximum absolute atomic E-state index is 12.3. The minimum atomic E-state index is -3.95. The Morgan fingerprint density at radius 1 is 1.00 bits per heavy atom. The van der Waals surface area contributed by atoms with Crippen molar-refractivity contribution in [3.63, 3.8) is 0 Å². The predicted octanol–water partition coefficient (Wildman–Crippen LogP) is 3.74. The molecule has 2 aromatic carbocycles. The zero-order chi connectivity index (χ0) is 19.5. The number of benzene rings is 2. The number of hydrogen-bond donors (Lipinski definition) is 1. The summed E-state index contributed by atoms with van der Waals surface area (Å²) in [6.07, 6.45) is -1.09. The van der Waals surface area contributed by atoms with Crippen molar-refractivity contribution in [2.45, 2.75) is 37.6 Å². The number of hydrogen-bond acceptors (Lipinski definition) is 5. The van der Waals surface area contributed by atoms with E-state index < -0.39 is 30.5 Å². The third kappa shape index (κ3) is 5.42. The van der Waals surface area contributed by atoms with Crippen molar-refractivity contribution in [2.24, 2.45) is 0 Å². The molecule has 1 unspecified atom stereocenters. The summed E-state index contributed by atoms with van der Waals surface area (Å²) < 4.78 is 35.4. The highest BCUT2D eigenvalue weighted by Gasteiger charge is 2.28. The van der Waals surface area contributed by atoms with Crippen LogP contribution < -0.4 is 4.18 Å². The van der Waals surface area contributed by atoms with Gasteiger partial charge in [0.2, 0.25) is 0 Å². The molecule has 0 bridgehead atoms. The number of carbonyl (C=O) groups is 1. The van der Waals surface area contributed by atoms with E-state index in [1.54, 1.807) is 12.1 Å². The average molecular weight is 395 g/mol. The predicted molar refractivity (Wildman–Crippen MR) is 100 cm³/mol. The Labute approximate surface area is 154 Å². The topological polar surface area (TPSA) is 89.9 Å². The van der Waals surface area contributed by atoms with Gasteiger partial charge >= 0.3 is 16.1 Å². The number of aliphatic carboxylic acids is 1. The molecule has 0 heterocycles. The maximum Gasteiger partial charge on any atom is 0.339 e. The standard InChI is InChI=1S/C18H22O6SSi/c1-13-5-11-16(12-6-13)25(21,22)23-15-9-7-14(8-10-15)17(18(19)20)24-26(2,3)4/h5-12,17H,1-4H3,(H,19,20). The van der Waals surface area contributed by atoms with Crippen LogP contribution in [0.1, 0.15) is 17.2 Å². The van der Waals surface area contributed by atoms with Crippen molar-refractivity contribution in [1.29, 1.82) is 0 Å². The lowest BCUT2D eigenvalue weighted by Crippen LogP contribution is -2.31. The van der Waals surface area contributed by atoms with Gasteiger partial charge in [-0.1, -0.05) is 29.8 Å². The van der Waals surface area contributed by atoms with Crippen LogP contribution in [0.4, 0.5) is 0 Å². The highest BCUT2D eigenvalue weighted by molar-refractivity contribution is 7.87. The molecule has 0 saturated carbocycles. The molecule has 0 aliphatic rings. The zero-order valence-corrected chi connectivity index (χ0v) is 16.9. The monoisotopic (exact) mass is 394 g/mol. The number of rotatable bonds is 7. The second-order valence-corrected chi connectivity index (χ2v) is 12.9. The van der Waals surface area contributed by atoms with Crippen molar-refractivity contribution < 1.29 is 26.9 Å². The second kappa shape index (κ2) is 7.61. The molecule has 0 saturated heterocycles. The summed E-state index contributed by atoms with van der Waals surface area (Å²) >= 11 is 0. The van der Waals surface area contributed by atoms with Crippen LogP contribution in [0.15, 0.2) is 53.4 Å². The highest BCUT2D eigenvalue weighted by Crippen LogP contribution is 2.26. The molecule has 140 valence electrons. The van der Waals surface area contributed by atoms with Gasteiger partial charge in [0, 0.05) is 0 Å². The Balaban J connectivity index is 2.20. The van der Waals surface area contributed by atoms with E-state index >= 15 is 0 Å². The van der Waals surface area contributed by atoms with Gasteiger partial charge < -0.3 is 13.7 Å². The summed E-state index contributed by atoms with van der Waals surface area (Å²) in [4.78, 5) is 11.5. The summed E-state index contributed by atoms with van der Waals surface area (Å²) in [5.41, 5.74) is 1.37. The lowest BCUT2D eigenvalue weighted by molar-refractivity contribution is -0.145. The number of carboxylic acid groups (broad SMARTS) is 1. The normalized spacial score (nSPS) is 13.2. The van der Waals surface area contributed by atoms with Crippen LogP contribution >= 0.6 is 0 Å². The third-order valence-corrected chi connectivity index (χ3v) is 5.60. The largest absolute Gasteiger partial charge is 0.479 e. The van der Waals surface area contributed by atoms with Crippen LogP contribution in [0.5, 0.6) is 5.75 Å². The molecule has 0 radical (unpaired) electrons. The summed E-state index contributed by atoms with van der Waals surface area (Å²) in [5.74, 6) is -0.986. The molecule has 0 aliphatic heterocycles. The molecular formula is C18H22O6SSi. The van der Waals surface area contributed by atoms with Crippen LogP contribution in [0.25, 0.3) is 0 Å². The molecule has 26 heavy (non-hydrogen) atoms. The van der Waals surface area contributed by atoms with E-state index in [0.29, 0.717) is 5.56 Å². The zero-order valence-electron chi connectivity index (χ0n) is 15.1. The summed E-state index contributed by atoms with van der Waals surface area (Å²) in [7, 11) is -6.02. The first-order valence-corrected chi connectivity index (χ1v) is 12.8. The molecule has 0 fully saturated rings. The van der Waals surface area contributed by atoms with Gasteiger partial charge in [-0.2, -0.15) is 8.42 Å². The van der Waals surface area contributed by atoms with Gasteiger partial charge in [0.25, 0.3) is 0 Å². The van der Waals surface area contributed by atoms with Crippen LogP contribution in [0.2, 0.25) is 19.6 Å². The van der Waals surface area contributed by atoms with Crippen LogP contribution in [0, 0.1) is 6.92 Å². The Bertz CT molecular complexity index is 867. The fourth-order valence-corrected chi connectivity index (χ4v) is 4.07. The molecule has 2 aromatic rings. The number of aryl methyl sites for hydroxylation is 1. The Hall–Kier alpha value is -2.16. The second-order valence-electron chi connectivity index (χ2n) is 6.87. The molecular weight excluding hydrogens is 372 g/mol. The van der Waals surface area contributed by atoms with Crippen LogP contribution in [0.3, 0.4) is 0 Å². The van der Waals surface area contributed by atoms with E-state index in [1.165, 1.54) is 36.4 Å². The molecule has 0 amide bonds. The first kappa shape index (κ1) is 20.2. The molecule has 0 aromatic heterocycles. The quantitative estimate of drug-likeness (QED) is 0.568. The van der Waals surface area contributed by atoms with E-state index in [-0.39, 0.29) is 10.6 Å². The van der Waals surface area contributed by atoms with Gasteiger partial charge in [-0.15, -0.1) is 0 Å².